The molecule has 0 aliphatic heterocycles. The number of pyridine rings is 1. The van der Waals surface area contributed by atoms with E-state index in [1.807, 2.05) is 48.5 Å². The van der Waals surface area contributed by atoms with Gasteiger partial charge in [-0.1, -0.05) is 57.2 Å². The van der Waals surface area contributed by atoms with E-state index in [0.29, 0.717) is 17.9 Å². The number of aromatic nitrogens is 1. The summed E-state index contributed by atoms with van der Waals surface area (Å²) in [4.78, 5) is 16.9. The Morgan fingerprint density at radius 1 is 1.00 bits per heavy atom. The SMILES string of the molecule is COc1ccccc1CNC(=O)c1ccc(Nc2ccccc2C(C)(C)C)nc1. The van der Waals surface area contributed by atoms with Crippen molar-refractivity contribution in [1.82, 2.24) is 10.3 Å². The maximum Gasteiger partial charge on any atom is 0.253 e. The number of hydrogen-bond donors (Lipinski definition) is 2. The molecule has 5 nitrogen and oxygen atoms in total. The van der Waals surface area contributed by atoms with Gasteiger partial charge in [-0.2, -0.15) is 0 Å². The van der Waals surface area contributed by atoms with Gasteiger partial charge in [0.15, 0.2) is 0 Å². The summed E-state index contributed by atoms with van der Waals surface area (Å²) in [6, 6.07) is 19.4. The van der Waals surface area contributed by atoms with Crippen molar-refractivity contribution in [2.24, 2.45) is 0 Å². The van der Waals surface area contributed by atoms with E-state index in [1.54, 1.807) is 19.4 Å². The van der Waals surface area contributed by atoms with E-state index in [1.165, 1.54) is 5.56 Å². The molecular formula is C24H27N3O2. The molecule has 0 radical (unpaired) electrons. The molecule has 0 atom stereocenters. The highest BCUT2D eigenvalue weighted by Crippen LogP contribution is 2.30. The summed E-state index contributed by atoms with van der Waals surface area (Å²) in [7, 11) is 1.62. The number of para-hydroxylation sites is 2. The number of amides is 1. The fourth-order valence-electron chi connectivity index (χ4n) is 3.11. The Hall–Kier alpha value is -3.34. The summed E-state index contributed by atoms with van der Waals surface area (Å²) in [5, 5.41) is 6.27. The molecule has 0 saturated heterocycles. The van der Waals surface area contributed by atoms with Crippen molar-refractivity contribution in [3.63, 3.8) is 0 Å². The predicted octanol–water partition coefficient (Wildman–Crippen LogP) is 5.06. The van der Waals surface area contributed by atoms with Crippen LogP contribution in [0.25, 0.3) is 0 Å². The number of anilines is 2. The van der Waals surface area contributed by atoms with Crippen molar-refractivity contribution >= 4 is 17.4 Å². The second-order valence-corrected chi connectivity index (χ2v) is 7.85. The van der Waals surface area contributed by atoms with Crippen LogP contribution in [-0.2, 0) is 12.0 Å². The molecule has 0 saturated carbocycles. The molecule has 1 amide bonds. The van der Waals surface area contributed by atoms with Crippen LogP contribution >= 0.6 is 0 Å². The van der Waals surface area contributed by atoms with E-state index in [4.69, 9.17) is 4.74 Å². The van der Waals surface area contributed by atoms with Gasteiger partial charge in [0.05, 0.1) is 12.7 Å². The van der Waals surface area contributed by atoms with Crippen LogP contribution in [0.1, 0.15) is 42.3 Å². The van der Waals surface area contributed by atoms with Crippen molar-refractivity contribution in [2.75, 3.05) is 12.4 Å². The van der Waals surface area contributed by atoms with Gasteiger partial charge in [-0.15, -0.1) is 0 Å². The Morgan fingerprint density at radius 3 is 2.41 bits per heavy atom. The number of hydrogen-bond acceptors (Lipinski definition) is 4. The normalized spacial score (nSPS) is 11.0. The maximum absolute atomic E-state index is 12.5. The molecule has 5 heteroatoms. The summed E-state index contributed by atoms with van der Waals surface area (Å²) < 4.78 is 5.32. The van der Waals surface area contributed by atoms with Crippen LogP contribution in [0.3, 0.4) is 0 Å². The van der Waals surface area contributed by atoms with E-state index in [-0.39, 0.29) is 11.3 Å². The van der Waals surface area contributed by atoms with Gasteiger partial charge in [0, 0.05) is 24.0 Å². The molecule has 1 aromatic heterocycles. The highest BCUT2D eigenvalue weighted by molar-refractivity contribution is 5.94. The average molecular weight is 389 g/mol. The Kier molecular flexibility index (Phi) is 6.17. The molecule has 0 aliphatic carbocycles. The minimum Gasteiger partial charge on any atom is -0.496 e. The van der Waals surface area contributed by atoms with Crippen molar-refractivity contribution in [3.05, 3.63) is 83.6 Å². The second-order valence-electron chi connectivity index (χ2n) is 7.85. The van der Waals surface area contributed by atoms with Gasteiger partial charge in [0.25, 0.3) is 5.91 Å². The minimum absolute atomic E-state index is 0.0158. The Balaban J connectivity index is 1.67. The number of methoxy groups -OCH3 is 1. The molecule has 1 heterocycles. The van der Waals surface area contributed by atoms with Crippen LogP contribution in [0.2, 0.25) is 0 Å². The van der Waals surface area contributed by atoms with Gasteiger partial charge in [0.1, 0.15) is 11.6 Å². The molecule has 29 heavy (non-hydrogen) atoms. The third-order valence-corrected chi connectivity index (χ3v) is 4.66. The zero-order chi connectivity index (χ0) is 20.9. The second kappa shape index (κ2) is 8.78. The highest BCUT2D eigenvalue weighted by Gasteiger charge is 2.17. The largest absolute Gasteiger partial charge is 0.496 e. The molecule has 2 N–H and O–H groups in total. The van der Waals surface area contributed by atoms with Crippen LogP contribution in [0.5, 0.6) is 5.75 Å². The smallest absolute Gasteiger partial charge is 0.253 e. The van der Waals surface area contributed by atoms with E-state index in [0.717, 1.165) is 17.0 Å². The van der Waals surface area contributed by atoms with Crippen LogP contribution < -0.4 is 15.4 Å². The molecule has 3 rings (SSSR count). The Morgan fingerprint density at radius 2 is 1.72 bits per heavy atom. The first kappa shape index (κ1) is 20.4. The third kappa shape index (κ3) is 5.13. The standard InChI is InChI=1S/C24H27N3O2/c1-24(2,3)19-10-6-7-11-20(19)27-22-14-13-18(16-25-22)23(28)26-15-17-9-5-8-12-21(17)29-4/h5-14,16H,15H2,1-4H3,(H,25,27)(H,26,28). The molecule has 2 aromatic carbocycles. The number of benzene rings is 2. The molecular weight excluding hydrogens is 362 g/mol. The van der Waals surface area contributed by atoms with Gasteiger partial charge in [-0.25, -0.2) is 4.98 Å². The first-order valence-electron chi connectivity index (χ1n) is 9.61. The number of carbonyl (C=O) groups excluding carboxylic acids is 1. The van der Waals surface area contributed by atoms with Gasteiger partial charge in [-0.05, 0) is 35.2 Å². The minimum atomic E-state index is -0.176. The monoisotopic (exact) mass is 389 g/mol. The predicted molar refractivity (Wildman–Crippen MR) is 117 cm³/mol. The van der Waals surface area contributed by atoms with Crippen LogP contribution in [0, 0.1) is 0 Å². The number of carbonyl (C=O) groups is 1. The molecule has 0 spiro atoms. The van der Waals surface area contributed by atoms with Crippen molar-refractivity contribution in [3.8, 4) is 5.75 Å². The Labute approximate surface area is 172 Å². The van der Waals surface area contributed by atoms with Crippen LogP contribution in [-0.4, -0.2) is 18.0 Å². The summed E-state index contributed by atoms with van der Waals surface area (Å²) in [5.41, 5.74) is 3.67. The van der Waals surface area contributed by atoms with Gasteiger partial charge in [0.2, 0.25) is 0 Å². The molecule has 0 bridgehead atoms. The summed E-state index contributed by atoms with van der Waals surface area (Å²) in [6.45, 7) is 6.92. The van der Waals surface area contributed by atoms with Gasteiger partial charge < -0.3 is 15.4 Å². The Bertz CT molecular complexity index is 976. The first-order chi connectivity index (χ1) is 13.9. The molecule has 0 unspecified atom stereocenters. The lowest BCUT2D eigenvalue weighted by Crippen LogP contribution is -2.23. The van der Waals surface area contributed by atoms with Gasteiger partial charge in [-0.3, -0.25) is 4.79 Å². The average Bonchev–Trinajstić information content (AvgIpc) is 2.72. The lowest BCUT2D eigenvalue weighted by Gasteiger charge is -2.23. The fourth-order valence-corrected chi connectivity index (χ4v) is 3.11. The van der Waals surface area contributed by atoms with E-state index in [9.17, 15) is 4.79 Å². The lowest BCUT2D eigenvalue weighted by atomic mass is 9.86. The summed E-state index contributed by atoms with van der Waals surface area (Å²) >= 11 is 0. The number of rotatable bonds is 6. The molecule has 0 fully saturated rings. The zero-order valence-corrected chi connectivity index (χ0v) is 17.3. The summed E-state index contributed by atoms with van der Waals surface area (Å²) in [5.74, 6) is 1.27. The number of nitrogens with zero attached hydrogens (tertiary/aromatic N) is 1. The van der Waals surface area contributed by atoms with Crippen LogP contribution in [0.4, 0.5) is 11.5 Å². The quantitative estimate of drug-likeness (QED) is 0.618. The molecule has 3 aromatic rings. The number of nitrogens with one attached hydrogen (secondary N) is 2. The third-order valence-electron chi connectivity index (χ3n) is 4.66. The van der Waals surface area contributed by atoms with Crippen molar-refractivity contribution < 1.29 is 9.53 Å². The van der Waals surface area contributed by atoms with Crippen molar-refractivity contribution in [1.29, 1.82) is 0 Å². The van der Waals surface area contributed by atoms with Crippen LogP contribution in [0.15, 0.2) is 66.9 Å². The molecule has 150 valence electrons. The topological polar surface area (TPSA) is 63.2 Å². The highest BCUT2D eigenvalue weighted by atomic mass is 16.5. The summed E-state index contributed by atoms with van der Waals surface area (Å²) in [6.07, 6.45) is 1.58. The maximum atomic E-state index is 12.5. The first-order valence-corrected chi connectivity index (χ1v) is 9.61. The van der Waals surface area contributed by atoms with Crippen molar-refractivity contribution in [2.45, 2.75) is 32.7 Å². The fraction of sp³-hybridized carbons (Fsp3) is 0.250. The lowest BCUT2D eigenvalue weighted by molar-refractivity contribution is 0.0950. The molecule has 0 aliphatic rings. The van der Waals surface area contributed by atoms with Gasteiger partial charge >= 0.3 is 0 Å². The van der Waals surface area contributed by atoms with E-state index < -0.39 is 0 Å². The van der Waals surface area contributed by atoms with E-state index in [2.05, 4.69) is 42.5 Å². The number of ether oxygens (including phenoxy) is 1. The van der Waals surface area contributed by atoms with E-state index >= 15 is 0 Å². The zero-order valence-electron chi connectivity index (χ0n) is 17.3.